The zero-order chi connectivity index (χ0) is 35.6. The summed E-state index contributed by atoms with van der Waals surface area (Å²) in [6.45, 7) is 8.81. The van der Waals surface area contributed by atoms with E-state index >= 15 is 0 Å². The molecule has 0 saturated carbocycles. The second-order valence-electron chi connectivity index (χ2n) is 13.4. The third kappa shape index (κ3) is 12.1. The molecule has 0 bridgehead atoms. The molecule has 50 heavy (non-hydrogen) atoms. The molecule has 0 fully saturated rings. The predicted molar refractivity (Wildman–Crippen MR) is 214 cm³/mol. The molecule has 4 rings (SSSR count). The molecule has 0 radical (unpaired) electrons. The van der Waals surface area contributed by atoms with Crippen molar-refractivity contribution in [3.8, 4) is 0 Å². The van der Waals surface area contributed by atoms with Crippen LogP contribution >= 0.6 is 0 Å². The molecule has 4 aromatic carbocycles. The van der Waals surface area contributed by atoms with Crippen molar-refractivity contribution >= 4 is 66.6 Å². The molecule has 4 aromatic rings. The number of rotatable bonds is 20. The van der Waals surface area contributed by atoms with Gasteiger partial charge in [0, 0.05) is 0 Å². The topological polar surface area (TPSA) is 52.6 Å². The van der Waals surface area contributed by atoms with E-state index < -0.39 is 40.3 Å². The van der Waals surface area contributed by atoms with Crippen LogP contribution in [0.25, 0.3) is 0 Å². The van der Waals surface area contributed by atoms with Gasteiger partial charge in [-0.1, -0.05) is 0 Å². The Morgan fingerprint density at radius 3 is 1.00 bits per heavy atom. The number of hydrogen-bond acceptors (Lipinski definition) is 4. The van der Waals surface area contributed by atoms with Gasteiger partial charge in [-0.25, -0.2) is 0 Å². The Hall–Kier alpha value is -2.84. The third-order valence-corrected chi connectivity index (χ3v) is 23.7. The summed E-state index contributed by atoms with van der Waals surface area (Å²) in [7, 11) is 0. The van der Waals surface area contributed by atoms with Crippen LogP contribution in [-0.2, 0) is 15.7 Å². The summed E-state index contributed by atoms with van der Waals surface area (Å²) < 4.78 is 17.9. The normalized spacial score (nSPS) is 13.1. The molecule has 2 unspecified atom stereocenters. The van der Waals surface area contributed by atoms with E-state index in [-0.39, 0.29) is 23.8 Å². The molecule has 6 heteroatoms. The van der Waals surface area contributed by atoms with Crippen LogP contribution < -0.4 is 14.3 Å². The van der Waals surface area contributed by atoms with Crippen molar-refractivity contribution in [1.29, 1.82) is 0 Å². The van der Waals surface area contributed by atoms with Gasteiger partial charge in [-0.05, 0) is 0 Å². The minimum atomic E-state index is -3.36. The standard InChI is InChI=1S/C20H36O4.4C6H5.2Sn.2H/c1-5-9-11-15(7-3)13-17(19(21)22)18(20(23)24)14-16(8-4)12-10-6-2;4*1-2-4-6-5-3-1;;;;/h15-16H,5-14H2,1-4H3,(H,21,22)(H,23,24);4*1-5H;;;;/q;;;;;2*+1;;/p-2/b18-17-;;;;;;;;. The molecule has 0 aromatic heterocycles. The van der Waals surface area contributed by atoms with Crippen LogP contribution in [0.1, 0.15) is 91.9 Å². The maximum absolute atomic E-state index is 14.9. The molecule has 0 spiro atoms. The van der Waals surface area contributed by atoms with Gasteiger partial charge in [0.1, 0.15) is 0 Å². The van der Waals surface area contributed by atoms with E-state index in [9.17, 15) is 9.59 Å². The van der Waals surface area contributed by atoms with E-state index in [4.69, 9.17) is 6.15 Å². The van der Waals surface area contributed by atoms with Crippen LogP contribution in [0.15, 0.2) is 132 Å². The molecule has 2 atom stereocenters. The molecule has 0 amide bonds. The fourth-order valence-electron chi connectivity index (χ4n) is 6.65. The van der Waals surface area contributed by atoms with Crippen molar-refractivity contribution in [3.63, 3.8) is 0 Å². The van der Waals surface area contributed by atoms with E-state index in [2.05, 4.69) is 76.2 Å². The van der Waals surface area contributed by atoms with Gasteiger partial charge in [0.05, 0.1) is 0 Å². The second-order valence-corrected chi connectivity index (χ2v) is 26.7. The monoisotopic (exact) mass is 888 g/mol. The molecule has 0 saturated heterocycles. The summed E-state index contributed by atoms with van der Waals surface area (Å²) in [5, 5.41) is 0. The molecule has 0 aliphatic carbocycles. The van der Waals surface area contributed by atoms with Crippen molar-refractivity contribution in [1.82, 2.24) is 0 Å². The van der Waals surface area contributed by atoms with Gasteiger partial charge in [-0.15, -0.1) is 0 Å². The Bertz CT molecular complexity index is 1390. The Balaban J connectivity index is 1.85. The zero-order valence-electron chi connectivity index (χ0n) is 30.6. The van der Waals surface area contributed by atoms with Crippen LogP contribution in [0.4, 0.5) is 0 Å². The average molecular weight is 886 g/mol. The van der Waals surface area contributed by atoms with Crippen molar-refractivity contribution in [2.75, 3.05) is 0 Å². The number of carbonyl (C=O) groups is 2. The molecule has 0 heterocycles. The van der Waals surface area contributed by atoms with Crippen LogP contribution in [0.5, 0.6) is 0 Å². The predicted octanol–water partition coefficient (Wildman–Crippen LogP) is 7.66. The van der Waals surface area contributed by atoms with E-state index in [1.54, 1.807) is 0 Å². The molecular weight excluding hydrogens is 830 g/mol. The Morgan fingerprint density at radius 2 is 0.760 bits per heavy atom. The molecule has 0 aliphatic heterocycles. The van der Waals surface area contributed by atoms with Gasteiger partial charge in [0.2, 0.25) is 0 Å². The van der Waals surface area contributed by atoms with Gasteiger partial charge in [0.25, 0.3) is 0 Å². The van der Waals surface area contributed by atoms with Gasteiger partial charge in [0.15, 0.2) is 0 Å². The number of benzene rings is 4. The molecule has 0 aliphatic rings. The van der Waals surface area contributed by atoms with E-state index in [0.717, 1.165) is 65.7 Å². The first-order valence-electron chi connectivity index (χ1n) is 18.8. The molecular formula is C44H56O4Sn2. The van der Waals surface area contributed by atoms with Gasteiger partial charge in [-0.3, -0.25) is 0 Å². The fraction of sp³-hybridized carbons (Fsp3) is 0.364. The molecule has 4 nitrogen and oxygen atoms in total. The average Bonchev–Trinajstić information content (AvgIpc) is 3.17. The van der Waals surface area contributed by atoms with Crippen molar-refractivity contribution in [3.05, 3.63) is 132 Å². The van der Waals surface area contributed by atoms with Crippen molar-refractivity contribution in [2.45, 2.75) is 91.9 Å². The number of hydrogen-bond donors (Lipinski definition) is 0. The second kappa shape index (κ2) is 22.2. The third-order valence-electron chi connectivity index (χ3n) is 9.79. The summed E-state index contributed by atoms with van der Waals surface area (Å²) in [6.07, 6.45) is 9.32. The van der Waals surface area contributed by atoms with Crippen LogP contribution in [0, 0.1) is 11.8 Å². The van der Waals surface area contributed by atoms with Crippen LogP contribution in [-0.4, -0.2) is 52.3 Å². The van der Waals surface area contributed by atoms with Crippen molar-refractivity contribution < 1.29 is 15.7 Å². The maximum atomic E-state index is 14.9. The SMILES string of the molecule is CCCCC(CC)C/C(C(=O)[O][SnH]([c]1ccccc1)[c]1ccccc1)=C(\CC(CC)CCCC)C(=O)[O][SnH]([c]1ccccc1)[c]1ccccc1. The van der Waals surface area contributed by atoms with Gasteiger partial charge in [-0.2, -0.15) is 0 Å². The quantitative estimate of drug-likeness (QED) is 0.0677. The number of carbonyl (C=O) groups excluding carboxylic acids is 2. The first kappa shape index (κ1) is 39.9. The molecule has 264 valence electrons. The Morgan fingerprint density at radius 1 is 0.480 bits per heavy atom. The van der Waals surface area contributed by atoms with Gasteiger partial charge < -0.3 is 0 Å². The molecule has 0 N–H and O–H groups in total. The minimum absolute atomic E-state index is 0.278. The summed E-state index contributed by atoms with van der Waals surface area (Å²) in [6, 6.07) is 40.9. The summed E-state index contributed by atoms with van der Waals surface area (Å²) >= 11 is -6.71. The summed E-state index contributed by atoms with van der Waals surface area (Å²) in [5.41, 5.74) is 1.10. The Kier molecular flexibility index (Phi) is 17.7. The van der Waals surface area contributed by atoms with Gasteiger partial charge >= 0.3 is 319 Å². The van der Waals surface area contributed by atoms with Crippen LogP contribution in [0.2, 0.25) is 0 Å². The van der Waals surface area contributed by atoms with E-state index in [0.29, 0.717) is 24.0 Å². The Labute approximate surface area is 316 Å². The summed E-state index contributed by atoms with van der Waals surface area (Å²) in [5.74, 6) is -0.0878. The summed E-state index contributed by atoms with van der Waals surface area (Å²) in [4.78, 5) is 29.7. The van der Waals surface area contributed by atoms with E-state index in [1.807, 2.05) is 72.8 Å². The van der Waals surface area contributed by atoms with Crippen LogP contribution in [0.3, 0.4) is 0 Å². The number of unbranched alkanes of at least 4 members (excludes halogenated alkanes) is 2. The van der Waals surface area contributed by atoms with Crippen molar-refractivity contribution in [2.24, 2.45) is 11.8 Å². The fourth-order valence-corrected chi connectivity index (χ4v) is 19.0. The zero-order valence-corrected chi connectivity index (χ0v) is 37.2. The first-order valence-corrected chi connectivity index (χ1v) is 28.1. The first-order chi connectivity index (χ1) is 24.5. The van der Waals surface area contributed by atoms with E-state index in [1.165, 1.54) is 0 Å².